The van der Waals surface area contributed by atoms with Gasteiger partial charge in [-0.2, -0.15) is 0 Å². The van der Waals surface area contributed by atoms with Crippen LogP contribution in [0.3, 0.4) is 0 Å². The first-order valence-electron chi connectivity index (χ1n) is 7.89. The summed E-state index contributed by atoms with van der Waals surface area (Å²) < 4.78 is 0. The van der Waals surface area contributed by atoms with Crippen LogP contribution in [0.25, 0.3) is 0 Å². The fourth-order valence-corrected chi connectivity index (χ4v) is 3.78. The first-order chi connectivity index (χ1) is 9.27. The first kappa shape index (κ1) is 14.8. The highest BCUT2D eigenvalue weighted by molar-refractivity contribution is 5.80. The zero-order valence-electron chi connectivity index (χ0n) is 11.9. The van der Waals surface area contributed by atoms with Gasteiger partial charge in [0, 0.05) is 25.1 Å². The van der Waals surface area contributed by atoms with Gasteiger partial charge in [0.25, 0.3) is 0 Å². The molecule has 0 bridgehead atoms. The van der Waals surface area contributed by atoms with Crippen LogP contribution in [0.4, 0.5) is 0 Å². The predicted octanol–water partition coefficient (Wildman–Crippen LogP) is 1.51. The van der Waals surface area contributed by atoms with Crippen molar-refractivity contribution in [1.29, 1.82) is 0 Å². The predicted molar refractivity (Wildman–Crippen MR) is 75.6 cm³/mol. The Morgan fingerprint density at radius 3 is 2.74 bits per heavy atom. The van der Waals surface area contributed by atoms with Crippen LogP contribution in [0.1, 0.15) is 51.4 Å². The number of aliphatic hydroxyl groups excluding tert-OH is 1. The molecule has 0 aromatic carbocycles. The lowest BCUT2D eigenvalue weighted by Gasteiger charge is -2.35. The molecular weight excluding hydrogens is 240 g/mol. The van der Waals surface area contributed by atoms with Crippen LogP contribution in [0.5, 0.6) is 0 Å². The third kappa shape index (κ3) is 3.48. The summed E-state index contributed by atoms with van der Waals surface area (Å²) in [6.45, 7) is 1.78. The Kier molecular flexibility index (Phi) is 5.64. The second-order valence-corrected chi connectivity index (χ2v) is 6.08. The van der Waals surface area contributed by atoms with Gasteiger partial charge in [-0.1, -0.05) is 12.8 Å². The molecule has 4 heteroatoms. The van der Waals surface area contributed by atoms with Crippen molar-refractivity contribution in [2.24, 2.45) is 17.6 Å². The van der Waals surface area contributed by atoms with E-state index < -0.39 is 0 Å². The quantitative estimate of drug-likeness (QED) is 0.794. The smallest absolute Gasteiger partial charge is 0.226 e. The monoisotopic (exact) mass is 268 g/mol. The minimum atomic E-state index is 0.161. The zero-order chi connectivity index (χ0) is 13.7. The lowest BCUT2D eigenvalue weighted by molar-refractivity contribution is -0.139. The van der Waals surface area contributed by atoms with Gasteiger partial charge in [-0.15, -0.1) is 0 Å². The summed E-state index contributed by atoms with van der Waals surface area (Å²) in [5.74, 6) is 0.893. The Bertz CT molecular complexity index is 296. The number of hydrogen-bond donors (Lipinski definition) is 2. The number of likely N-dealkylation sites (tertiary alicyclic amines) is 1. The topological polar surface area (TPSA) is 66.6 Å². The van der Waals surface area contributed by atoms with E-state index in [1.165, 1.54) is 12.8 Å². The average molecular weight is 268 g/mol. The Hall–Kier alpha value is -0.610. The van der Waals surface area contributed by atoms with E-state index in [-0.39, 0.29) is 12.5 Å². The summed E-state index contributed by atoms with van der Waals surface area (Å²) in [6, 6.07) is 0.361. The molecule has 1 heterocycles. The fourth-order valence-electron chi connectivity index (χ4n) is 3.78. The number of carbonyl (C=O) groups is 1. The second-order valence-electron chi connectivity index (χ2n) is 6.08. The van der Waals surface area contributed by atoms with Crippen molar-refractivity contribution >= 4 is 5.91 Å². The van der Waals surface area contributed by atoms with Gasteiger partial charge in [-0.3, -0.25) is 4.79 Å². The molecule has 2 fully saturated rings. The molecule has 2 rings (SSSR count). The molecule has 2 aliphatic rings. The molecule has 19 heavy (non-hydrogen) atoms. The Labute approximate surface area is 116 Å². The van der Waals surface area contributed by atoms with Gasteiger partial charge in [-0.25, -0.2) is 0 Å². The van der Waals surface area contributed by atoms with Gasteiger partial charge in [-0.05, 0) is 51.0 Å². The Morgan fingerprint density at radius 2 is 2.00 bits per heavy atom. The SMILES string of the molecule is NCC1CCCCC1C(=O)N1CCCC1CCCO. The Morgan fingerprint density at radius 1 is 1.21 bits per heavy atom. The van der Waals surface area contributed by atoms with Crippen molar-refractivity contribution in [3.05, 3.63) is 0 Å². The fraction of sp³-hybridized carbons (Fsp3) is 0.933. The highest BCUT2D eigenvalue weighted by Gasteiger charge is 2.37. The molecule has 4 nitrogen and oxygen atoms in total. The molecule has 0 radical (unpaired) electrons. The average Bonchev–Trinajstić information content (AvgIpc) is 2.92. The number of amides is 1. The van der Waals surface area contributed by atoms with Crippen LogP contribution in [0.2, 0.25) is 0 Å². The van der Waals surface area contributed by atoms with Crippen LogP contribution >= 0.6 is 0 Å². The lowest BCUT2D eigenvalue weighted by atomic mass is 9.78. The van der Waals surface area contributed by atoms with Gasteiger partial charge < -0.3 is 15.7 Å². The summed E-state index contributed by atoms with van der Waals surface area (Å²) in [6.07, 6.45) is 8.49. The number of aliphatic hydroxyl groups is 1. The van der Waals surface area contributed by atoms with E-state index in [4.69, 9.17) is 10.8 Å². The van der Waals surface area contributed by atoms with Gasteiger partial charge >= 0.3 is 0 Å². The van der Waals surface area contributed by atoms with E-state index in [2.05, 4.69) is 4.90 Å². The minimum Gasteiger partial charge on any atom is -0.396 e. The summed E-state index contributed by atoms with van der Waals surface area (Å²) in [5.41, 5.74) is 5.84. The first-order valence-corrected chi connectivity index (χ1v) is 7.89. The van der Waals surface area contributed by atoms with E-state index in [1.807, 2.05) is 0 Å². The molecule has 0 spiro atoms. The molecule has 3 N–H and O–H groups in total. The zero-order valence-corrected chi connectivity index (χ0v) is 11.9. The molecule has 110 valence electrons. The van der Waals surface area contributed by atoms with Gasteiger partial charge in [0.15, 0.2) is 0 Å². The van der Waals surface area contributed by atoms with Crippen molar-refractivity contribution in [3.63, 3.8) is 0 Å². The van der Waals surface area contributed by atoms with Crippen molar-refractivity contribution in [1.82, 2.24) is 4.90 Å². The number of rotatable bonds is 5. The molecule has 3 unspecified atom stereocenters. The van der Waals surface area contributed by atoms with E-state index in [1.54, 1.807) is 0 Å². The Balaban J connectivity index is 1.96. The summed E-state index contributed by atoms with van der Waals surface area (Å²) >= 11 is 0. The van der Waals surface area contributed by atoms with E-state index in [0.29, 0.717) is 24.4 Å². The van der Waals surface area contributed by atoms with Crippen molar-refractivity contribution in [2.45, 2.75) is 57.4 Å². The second kappa shape index (κ2) is 7.25. The third-order valence-electron chi connectivity index (χ3n) is 4.88. The van der Waals surface area contributed by atoms with Crippen LogP contribution in [0, 0.1) is 11.8 Å². The van der Waals surface area contributed by atoms with E-state index >= 15 is 0 Å². The van der Waals surface area contributed by atoms with Crippen LogP contribution in [-0.4, -0.2) is 41.7 Å². The molecule has 0 aromatic rings. The number of nitrogens with zero attached hydrogens (tertiary/aromatic N) is 1. The molecule has 1 saturated heterocycles. The molecule has 1 aliphatic heterocycles. The summed E-state index contributed by atoms with van der Waals surface area (Å²) in [4.78, 5) is 14.8. The number of hydrogen-bond acceptors (Lipinski definition) is 3. The summed E-state index contributed by atoms with van der Waals surface area (Å²) in [7, 11) is 0. The highest BCUT2D eigenvalue weighted by atomic mass is 16.3. The molecular formula is C15H28N2O2. The number of nitrogens with two attached hydrogens (primary N) is 1. The van der Waals surface area contributed by atoms with Gasteiger partial charge in [0.1, 0.15) is 0 Å². The largest absolute Gasteiger partial charge is 0.396 e. The van der Waals surface area contributed by atoms with Crippen molar-refractivity contribution in [3.8, 4) is 0 Å². The van der Waals surface area contributed by atoms with Crippen LogP contribution < -0.4 is 5.73 Å². The van der Waals surface area contributed by atoms with Crippen LogP contribution in [-0.2, 0) is 4.79 Å². The van der Waals surface area contributed by atoms with E-state index in [0.717, 1.165) is 45.1 Å². The minimum absolute atomic E-state index is 0.161. The van der Waals surface area contributed by atoms with Crippen molar-refractivity contribution < 1.29 is 9.90 Å². The van der Waals surface area contributed by atoms with Crippen LogP contribution in [0.15, 0.2) is 0 Å². The molecule has 1 saturated carbocycles. The van der Waals surface area contributed by atoms with Crippen molar-refractivity contribution in [2.75, 3.05) is 19.7 Å². The maximum atomic E-state index is 12.8. The normalized spacial score (nSPS) is 31.7. The summed E-state index contributed by atoms with van der Waals surface area (Å²) in [5, 5.41) is 8.96. The third-order valence-corrected chi connectivity index (χ3v) is 4.88. The highest BCUT2D eigenvalue weighted by Crippen LogP contribution is 2.33. The standard InChI is InChI=1S/C15H28N2O2/c16-11-12-5-1-2-8-14(12)15(19)17-9-3-6-13(17)7-4-10-18/h12-14,18H,1-11,16H2. The molecule has 1 aliphatic carbocycles. The van der Waals surface area contributed by atoms with Gasteiger partial charge in [0.2, 0.25) is 5.91 Å². The maximum Gasteiger partial charge on any atom is 0.226 e. The van der Waals surface area contributed by atoms with E-state index in [9.17, 15) is 4.79 Å². The lowest BCUT2D eigenvalue weighted by Crippen LogP contribution is -2.44. The molecule has 3 atom stereocenters. The molecule has 0 aromatic heterocycles. The molecule has 1 amide bonds. The maximum absolute atomic E-state index is 12.8. The van der Waals surface area contributed by atoms with Gasteiger partial charge in [0.05, 0.1) is 0 Å². The number of carbonyl (C=O) groups excluding carboxylic acids is 1.